The van der Waals surface area contributed by atoms with Crippen LogP contribution in [0.15, 0.2) is 6.07 Å². The van der Waals surface area contributed by atoms with E-state index in [0.29, 0.717) is 18.1 Å². The van der Waals surface area contributed by atoms with Crippen molar-refractivity contribution in [2.45, 2.75) is 20.8 Å². The summed E-state index contributed by atoms with van der Waals surface area (Å²) in [4.78, 5) is 19.5. The first kappa shape index (κ1) is 9.64. The van der Waals surface area contributed by atoms with Crippen molar-refractivity contribution in [1.29, 1.82) is 0 Å². The lowest BCUT2D eigenvalue weighted by Crippen LogP contribution is -2.24. The number of carbonyl (C=O) groups excluding carboxylic acids is 1. The molecule has 0 saturated heterocycles. The Balaban J connectivity index is 2.94. The van der Waals surface area contributed by atoms with Crippen LogP contribution in [0.4, 0.5) is 0 Å². The molecule has 0 aliphatic rings. The van der Waals surface area contributed by atoms with Crippen LogP contribution in [0.3, 0.4) is 0 Å². The first-order chi connectivity index (χ1) is 6.13. The lowest BCUT2D eigenvalue weighted by molar-refractivity contribution is 0.0950. The summed E-state index contributed by atoms with van der Waals surface area (Å²) in [5.41, 5.74) is 1.25. The zero-order valence-electron chi connectivity index (χ0n) is 8.09. The molecule has 0 saturated carbocycles. The second-order valence-electron chi connectivity index (χ2n) is 2.80. The maximum atomic E-state index is 11.3. The molecule has 1 rings (SSSR count). The van der Waals surface area contributed by atoms with Crippen molar-refractivity contribution in [3.63, 3.8) is 0 Å². The van der Waals surface area contributed by atoms with E-state index in [1.807, 2.05) is 13.8 Å². The molecule has 4 heteroatoms. The number of aryl methyl sites for hydroxylation is 2. The molecule has 0 radical (unpaired) electrons. The number of rotatable bonds is 2. The summed E-state index contributed by atoms with van der Waals surface area (Å²) in [6, 6.07) is 1.68. The molecule has 1 aromatic rings. The molecule has 0 aromatic carbocycles. The van der Waals surface area contributed by atoms with Crippen molar-refractivity contribution in [1.82, 2.24) is 15.3 Å². The van der Waals surface area contributed by atoms with E-state index >= 15 is 0 Å². The molecule has 0 atom stereocenters. The highest BCUT2D eigenvalue weighted by molar-refractivity contribution is 5.92. The summed E-state index contributed by atoms with van der Waals surface area (Å²) < 4.78 is 0. The van der Waals surface area contributed by atoms with Crippen LogP contribution < -0.4 is 5.32 Å². The van der Waals surface area contributed by atoms with Crippen molar-refractivity contribution in [3.05, 3.63) is 23.3 Å². The molecule has 1 heterocycles. The molecule has 0 aliphatic carbocycles. The van der Waals surface area contributed by atoms with Crippen LogP contribution in [0.1, 0.15) is 28.9 Å². The monoisotopic (exact) mass is 179 g/mol. The molecule has 0 bridgehead atoms. The first-order valence-electron chi connectivity index (χ1n) is 4.24. The Morgan fingerprint density at radius 2 is 2.15 bits per heavy atom. The SMILES string of the molecule is CCNC(=O)c1cc(C)nc(C)n1. The van der Waals surface area contributed by atoms with Gasteiger partial charge in [0.15, 0.2) is 0 Å². The third kappa shape index (κ3) is 2.50. The van der Waals surface area contributed by atoms with Gasteiger partial charge in [-0.1, -0.05) is 0 Å². The van der Waals surface area contributed by atoms with Crippen molar-refractivity contribution < 1.29 is 4.79 Å². The summed E-state index contributed by atoms with van der Waals surface area (Å²) in [5.74, 6) is 0.484. The zero-order chi connectivity index (χ0) is 9.84. The second-order valence-corrected chi connectivity index (χ2v) is 2.80. The number of aromatic nitrogens is 2. The Kier molecular flexibility index (Phi) is 2.95. The minimum absolute atomic E-state index is 0.142. The van der Waals surface area contributed by atoms with E-state index in [4.69, 9.17) is 0 Å². The van der Waals surface area contributed by atoms with E-state index in [1.54, 1.807) is 13.0 Å². The first-order valence-corrected chi connectivity index (χ1v) is 4.24. The molecule has 70 valence electrons. The number of amides is 1. The van der Waals surface area contributed by atoms with E-state index in [2.05, 4.69) is 15.3 Å². The van der Waals surface area contributed by atoms with Gasteiger partial charge in [0.1, 0.15) is 11.5 Å². The maximum absolute atomic E-state index is 11.3. The number of hydrogen-bond donors (Lipinski definition) is 1. The molecule has 1 aromatic heterocycles. The Bertz CT molecular complexity index is 302. The zero-order valence-corrected chi connectivity index (χ0v) is 8.09. The molecular formula is C9H13N3O. The van der Waals surface area contributed by atoms with Crippen LogP contribution >= 0.6 is 0 Å². The number of nitrogens with zero attached hydrogens (tertiary/aromatic N) is 2. The average molecular weight is 179 g/mol. The fourth-order valence-electron chi connectivity index (χ4n) is 1.08. The van der Waals surface area contributed by atoms with Gasteiger partial charge < -0.3 is 5.32 Å². The fourth-order valence-corrected chi connectivity index (χ4v) is 1.08. The topological polar surface area (TPSA) is 54.9 Å². The molecule has 0 fully saturated rings. The fraction of sp³-hybridized carbons (Fsp3) is 0.444. The highest BCUT2D eigenvalue weighted by Crippen LogP contribution is 1.99. The van der Waals surface area contributed by atoms with Gasteiger partial charge in [-0.05, 0) is 26.8 Å². The van der Waals surface area contributed by atoms with Gasteiger partial charge in [0, 0.05) is 12.2 Å². The highest BCUT2D eigenvalue weighted by Gasteiger charge is 2.06. The van der Waals surface area contributed by atoms with Gasteiger partial charge in [0.05, 0.1) is 0 Å². The van der Waals surface area contributed by atoms with Crippen LogP contribution in [0, 0.1) is 13.8 Å². The van der Waals surface area contributed by atoms with Crippen LogP contribution in [0.5, 0.6) is 0 Å². The molecule has 1 N–H and O–H groups in total. The van der Waals surface area contributed by atoms with Crippen molar-refractivity contribution in [3.8, 4) is 0 Å². The van der Waals surface area contributed by atoms with Gasteiger partial charge in [-0.3, -0.25) is 4.79 Å². The Morgan fingerprint density at radius 1 is 1.46 bits per heavy atom. The van der Waals surface area contributed by atoms with Gasteiger partial charge in [0.2, 0.25) is 0 Å². The van der Waals surface area contributed by atoms with Gasteiger partial charge in [-0.15, -0.1) is 0 Å². The highest BCUT2D eigenvalue weighted by atomic mass is 16.1. The largest absolute Gasteiger partial charge is 0.351 e. The van der Waals surface area contributed by atoms with Crippen LogP contribution in [0.25, 0.3) is 0 Å². The van der Waals surface area contributed by atoms with E-state index < -0.39 is 0 Å². The average Bonchev–Trinajstić information content (AvgIpc) is 2.03. The van der Waals surface area contributed by atoms with Crippen molar-refractivity contribution >= 4 is 5.91 Å². The molecule has 0 aliphatic heterocycles. The molecule has 4 nitrogen and oxygen atoms in total. The third-order valence-electron chi connectivity index (χ3n) is 1.54. The van der Waals surface area contributed by atoms with Gasteiger partial charge in [-0.2, -0.15) is 0 Å². The van der Waals surface area contributed by atoms with Gasteiger partial charge >= 0.3 is 0 Å². The van der Waals surface area contributed by atoms with Crippen LogP contribution in [-0.2, 0) is 0 Å². The predicted octanol–water partition coefficient (Wildman–Crippen LogP) is 0.843. The molecular weight excluding hydrogens is 166 g/mol. The minimum Gasteiger partial charge on any atom is -0.351 e. The Labute approximate surface area is 77.4 Å². The van der Waals surface area contributed by atoms with Crippen LogP contribution in [0.2, 0.25) is 0 Å². The second kappa shape index (κ2) is 3.98. The number of nitrogens with one attached hydrogen (secondary N) is 1. The summed E-state index contributed by atoms with van der Waals surface area (Å²) in [6.45, 7) is 6.10. The van der Waals surface area contributed by atoms with E-state index in [9.17, 15) is 4.79 Å². The van der Waals surface area contributed by atoms with Gasteiger partial charge in [0.25, 0.3) is 5.91 Å². The summed E-state index contributed by atoms with van der Waals surface area (Å²) in [6.07, 6.45) is 0. The third-order valence-corrected chi connectivity index (χ3v) is 1.54. The predicted molar refractivity (Wildman–Crippen MR) is 49.5 cm³/mol. The molecule has 0 spiro atoms. The normalized spacial score (nSPS) is 9.77. The van der Waals surface area contributed by atoms with Crippen molar-refractivity contribution in [2.75, 3.05) is 6.54 Å². The Morgan fingerprint density at radius 3 is 2.69 bits per heavy atom. The Hall–Kier alpha value is -1.45. The lowest BCUT2D eigenvalue weighted by atomic mass is 10.3. The minimum atomic E-state index is -0.142. The lowest BCUT2D eigenvalue weighted by Gasteiger charge is -2.02. The van der Waals surface area contributed by atoms with Crippen LogP contribution in [-0.4, -0.2) is 22.4 Å². The van der Waals surface area contributed by atoms with Gasteiger partial charge in [-0.25, -0.2) is 9.97 Å². The summed E-state index contributed by atoms with van der Waals surface area (Å²) >= 11 is 0. The smallest absolute Gasteiger partial charge is 0.270 e. The maximum Gasteiger partial charge on any atom is 0.270 e. The summed E-state index contributed by atoms with van der Waals surface area (Å²) in [7, 11) is 0. The van der Waals surface area contributed by atoms with E-state index in [-0.39, 0.29) is 5.91 Å². The quantitative estimate of drug-likeness (QED) is 0.732. The summed E-state index contributed by atoms with van der Waals surface area (Å²) in [5, 5.41) is 2.69. The number of carbonyl (C=O) groups is 1. The van der Waals surface area contributed by atoms with E-state index in [1.165, 1.54) is 0 Å². The molecule has 13 heavy (non-hydrogen) atoms. The number of hydrogen-bond acceptors (Lipinski definition) is 3. The van der Waals surface area contributed by atoms with Crippen molar-refractivity contribution in [2.24, 2.45) is 0 Å². The van der Waals surface area contributed by atoms with E-state index in [0.717, 1.165) is 5.69 Å². The molecule has 0 unspecified atom stereocenters. The molecule has 1 amide bonds. The standard InChI is InChI=1S/C9H13N3O/c1-4-10-9(13)8-5-6(2)11-7(3)12-8/h5H,4H2,1-3H3,(H,10,13).